The Hall–Kier alpha value is -2.49. The van der Waals surface area contributed by atoms with Crippen LogP contribution in [0.2, 0.25) is 0 Å². The molecular weight excluding hydrogens is 290 g/mol. The summed E-state index contributed by atoms with van der Waals surface area (Å²) < 4.78 is 10.8. The minimum atomic E-state index is -0.0774. The van der Waals surface area contributed by atoms with Crippen molar-refractivity contribution in [3.63, 3.8) is 0 Å². The third kappa shape index (κ3) is 3.31. The van der Waals surface area contributed by atoms with Crippen LogP contribution in [0.4, 0.5) is 0 Å². The molecule has 3 rings (SSSR count). The van der Waals surface area contributed by atoms with Crippen molar-refractivity contribution in [3.8, 4) is 11.5 Å². The van der Waals surface area contributed by atoms with E-state index in [1.807, 2.05) is 19.1 Å². The van der Waals surface area contributed by atoms with Crippen molar-refractivity contribution in [3.05, 3.63) is 59.2 Å². The van der Waals surface area contributed by atoms with Gasteiger partial charge in [-0.15, -0.1) is 0 Å². The van der Waals surface area contributed by atoms with Crippen LogP contribution in [0.15, 0.2) is 42.5 Å². The van der Waals surface area contributed by atoms with Gasteiger partial charge in [0.25, 0.3) is 5.91 Å². The first-order valence-electron chi connectivity index (χ1n) is 7.89. The number of amides is 1. The number of hydrogen-bond acceptors (Lipinski definition) is 3. The average Bonchev–Trinajstić information content (AvgIpc) is 2.97. The monoisotopic (exact) mass is 311 g/mol. The number of hydrogen-bond donors (Lipinski definition) is 1. The van der Waals surface area contributed by atoms with Gasteiger partial charge in [-0.05, 0) is 49.1 Å². The molecule has 4 heteroatoms. The topological polar surface area (TPSA) is 47.6 Å². The van der Waals surface area contributed by atoms with E-state index in [4.69, 9.17) is 9.47 Å². The van der Waals surface area contributed by atoms with Gasteiger partial charge >= 0.3 is 0 Å². The second kappa shape index (κ2) is 6.73. The Morgan fingerprint density at radius 2 is 1.83 bits per heavy atom. The fraction of sp³-hybridized carbons (Fsp3) is 0.316. The second-order valence-corrected chi connectivity index (χ2v) is 5.65. The Morgan fingerprint density at radius 1 is 1.13 bits per heavy atom. The Bertz CT molecular complexity index is 687. The van der Waals surface area contributed by atoms with E-state index in [1.165, 1.54) is 11.1 Å². The number of fused-ring (bicyclic) bond motifs is 1. The van der Waals surface area contributed by atoms with Gasteiger partial charge in [-0.2, -0.15) is 0 Å². The molecule has 4 nitrogen and oxygen atoms in total. The fourth-order valence-electron chi connectivity index (χ4n) is 3.02. The molecule has 0 radical (unpaired) electrons. The van der Waals surface area contributed by atoms with Crippen LogP contribution in [0.3, 0.4) is 0 Å². The van der Waals surface area contributed by atoms with E-state index in [1.54, 1.807) is 25.3 Å². The van der Waals surface area contributed by atoms with Crippen molar-refractivity contribution in [1.82, 2.24) is 5.32 Å². The van der Waals surface area contributed by atoms with Gasteiger partial charge in [0.2, 0.25) is 0 Å². The molecule has 2 aromatic rings. The second-order valence-electron chi connectivity index (χ2n) is 5.65. The van der Waals surface area contributed by atoms with Gasteiger partial charge in [0.05, 0.1) is 13.7 Å². The molecule has 0 saturated heterocycles. The van der Waals surface area contributed by atoms with Gasteiger partial charge < -0.3 is 14.8 Å². The Kier molecular flexibility index (Phi) is 4.51. The SMILES string of the molecule is CCOc1cc(C(=O)NC2Cc3ccccc3C2)ccc1OC. The molecule has 0 atom stereocenters. The smallest absolute Gasteiger partial charge is 0.251 e. The molecule has 0 aromatic heterocycles. The van der Waals surface area contributed by atoms with Crippen LogP contribution in [0.5, 0.6) is 11.5 Å². The average molecular weight is 311 g/mol. The van der Waals surface area contributed by atoms with Crippen LogP contribution < -0.4 is 14.8 Å². The fourth-order valence-corrected chi connectivity index (χ4v) is 3.02. The lowest BCUT2D eigenvalue weighted by molar-refractivity contribution is 0.0938. The molecule has 1 N–H and O–H groups in total. The first-order valence-corrected chi connectivity index (χ1v) is 7.89. The number of carbonyl (C=O) groups is 1. The summed E-state index contributed by atoms with van der Waals surface area (Å²) in [6, 6.07) is 13.8. The number of benzene rings is 2. The molecule has 0 aliphatic heterocycles. The number of rotatable bonds is 5. The molecule has 0 spiro atoms. The van der Waals surface area contributed by atoms with E-state index >= 15 is 0 Å². The van der Waals surface area contributed by atoms with Gasteiger partial charge in [-0.1, -0.05) is 24.3 Å². The van der Waals surface area contributed by atoms with Gasteiger partial charge in [-0.25, -0.2) is 0 Å². The summed E-state index contributed by atoms with van der Waals surface area (Å²) in [7, 11) is 1.59. The minimum Gasteiger partial charge on any atom is -0.493 e. The van der Waals surface area contributed by atoms with E-state index in [0.29, 0.717) is 23.7 Å². The molecule has 1 amide bonds. The molecule has 0 saturated carbocycles. The quantitative estimate of drug-likeness (QED) is 0.923. The highest BCUT2D eigenvalue weighted by Gasteiger charge is 2.23. The molecule has 120 valence electrons. The zero-order chi connectivity index (χ0) is 16.2. The Balaban J connectivity index is 1.71. The summed E-state index contributed by atoms with van der Waals surface area (Å²) in [5.74, 6) is 1.15. The lowest BCUT2D eigenvalue weighted by Crippen LogP contribution is -2.35. The van der Waals surface area contributed by atoms with Gasteiger partial charge in [0, 0.05) is 11.6 Å². The summed E-state index contributed by atoms with van der Waals surface area (Å²) >= 11 is 0. The predicted molar refractivity (Wildman–Crippen MR) is 89.3 cm³/mol. The lowest BCUT2D eigenvalue weighted by Gasteiger charge is -2.14. The highest BCUT2D eigenvalue weighted by molar-refractivity contribution is 5.95. The summed E-state index contributed by atoms with van der Waals surface area (Å²) in [6.45, 7) is 2.43. The van der Waals surface area contributed by atoms with Crippen molar-refractivity contribution >= 4 is 5.91 Å². The van der Waals surface area contributed by atoms with Crippen molar-refractivity contribution in [2.75, 3.05) is 13.7 Å². The molecule has 0 fully saturated rings. The highest BCUT2D eigenvalue weighted by atomic mass is 16.5. The molecule has 2 aromatic carbocycles. The van der Waals surface area contributed by atoms with Crippen molar-refractivity contribution in [1.29, 1.82) is 0 Å². The van der Waals surface area contributed by atoms with Crippen molar-refractivity contribution in [2.24, 2.45) is 0 Å². The summed E-state index contributed by atoms with van der Waals surface area (Å²) in [5.41, 5.74) is 3.23. The first kappa shape index (κ1) is 15.4. The van der Waals surface area contributed by atoms with Crippen LogP contribution in [0, 0.1) is 0 Å². The van der Waals surface area contributed by atoms with Gasteiger partial charge in [-0.3, -0.25) is 4.79 Å². The highest BCUT2D eigenvalue weighted by Crippen LogP contribution is 2.28. The van der Waals surface area contributed by atoms with E-state index < -0.39 is 0 Å². The maximum Gasteiger partial charge on any atom is 0.251 e. The molecule has 0 bridgehead atoms. The number of methoxy groups -OCH3 is 1. The molecule has 1 aliphatic carbocycles. The van der Waals surface area contributed by atoms with Gasteiger partial charge in [0.1, 0.15) is 0 Å². The van der Waals surface area contributed by atoms with Gasteiger partial charge in [0.15, 0.2) is 11.5 Å². The van der Waals surface area contributed by atoms with E-state index in [2.05, 4.69) is 17.4 Å². The lowest BCUT2D eigenvalue weighted by atomic mass is 10.1. The maximum atomic E-state index is 12.5. The maximum absolute atomic E-state index is 12.5. The van der Waals surface area contributed by atoms with Crippen LogP contribution in [-0.4, -0.2) is 25.7 Å². The largest absolute Gasteiger partial charge is 0.493 e. The molecular formula is C19H21NO3. The molecule has 23 heavy (non-hydrogen) atoms. The van der Waals surface area contributed by atoms with E-state index in [-0.39, 0.29) is 11.9 Å². The van der Waals surface area contributed by atoms with Crippen molar-refractivity contribution in [2.45, 2.75) is 25.8 Å². The first-order chi connectivity index (χ1) is 11.2. The van der Waals surface area contributed by atoms with E-state index in [0.717, 1.165) is 12.8 Å². The van der Waals surface area contributed by atoms with Crippen LogP contribution in [0.25, 0.3) is 0 Å². The summed E-state index contributed by atoms with van der Waals surface area (Å²) in [5, 5.41) is 3.11. The van der Waals surface area contributed by atoms with E-state index in [9.17, 15) is 4.79 Å². The molecule has 0 unspecified atom stereocenters. The Morgan fingerprint density at radius 3 is 2.43 bits per heavy atom. The number of ether oxygens (including phenoxy) is 2. The van der Waals surface area contributed by atoms with Crippen molar-refractivity contribution < 1.29 is 14.3 Å². The molecule has 1 aliphatic rings. The third-order valence-electron chi connectivity index (χ3n) is 4.11. The Labute approximate surface area is 136 Å². The van der Waals surface area contributed by atoms with Crippen LogP contribution >= 0.6 is 0 Å². The zero-order valence-corrected chi connectivity index (χ0v) is 13.5. The standard InChI is InChI=1S/C19H21NO3/c1-3-23-18-12-15(8-9-17(18)22-2)19(21)20-16-10-13-6-4-5-7-14(13)11-16/h4-9,12,16H,3,10-11H2,1-2H3,(H,20,21). The number of carbonyl (C=O) groups excluding carboxylic acids is 1. The third-order valence-corrected chi connectivity index (χ3v) is 4.11. The predicted octanol–water partition coefficient (Wildman–Crippen LogP) is 2.99. The number of nitrogens with one attached hydrogen (secondary N) is 1. The van der Waals surface area contributed by atoms with Crippen LogP contribution in [0.1, 0.15) is 28.4 Å². The normalized spacial score (nSPS) is 13.5. The van der Waals surface area contributed by atoms with Crippen LogP contribution in [-0.2, 0) is 12.8 Å². The minimum absolute atomic E-state index is 0.0774. The zero-order valence-electron chi connectivity index (χ0n) is 13.5. The summed E-state index contributed by atoms with van der Waals surface area (Å²) in [4.78, 5) is 12.5. The molecule has 0 heterocycles. The summed E-state index contributed by atoms with van der Waals surface area (Å²) in [6.07, 6.45) is 1.77.